The van der Waals surface area contributed by atoms with Crippen molar-refractivity contribution < 1.29 is 15.0 Å². The van der Waals surface area contributed by atoms with Gasteiger partial charge in [0.15, 0.2) is 0 Å². The number of anilines is 1. The Hall–Kier alpha value is -2.56. The van der Waals surface area contributed by atoms with Gasteiger partial charge in [-0.3, -0.25) is 0 Å². The zero-order valence-electron chi connectivity index (χ0n) is 12.3. The normalized spacial score (nSPS) is 16.5. The second-order valence-corrected chi connectivity index (χ2v) is 5.86. The van der Waals surface area contributed by atoms with Crippen LogP contribution in [-0.4, -0.2) is 48.3 Å². The summed E-state index contributed by atoms with van der Waals surface area (Å²) in [5.41, 5.74) is 1.86. The molecule has 1 aliphatic rings. The molecular weight excluding hydrogens is 359 g/mol. The average molecular weight is 373 g/mol. The van der Waals surface area contributed by atoms with Crippen LogP contribution in [0.4, 0.5) is 5.69 Å². The quantitative estimate of drug-likeness (QED) is 0.478. The van der Waals surface area contributed by atoms with Crippen LogP contribution >= 0.6 is 0 Å². The van der Waals surface area contributed by atoms with E-state index in [1.807, 2.05) is 30.3 Å². The molecule has 3 rings (SSSR count). The molecule has 0 aliphatic carbocycles. The minimum absolute atomic E-state index is 0.167. The van der Waals surface area contributed by atoms with Crippen molar-refractivity contribution in [2.45, 2.75) is 0 Å². The molecule has 2 aromatic rings. The first-order valence-electron chi connectivity index (χ1n) is 6.90. The van der Waals surface area contributed by atoms with Crippen LogP contribution < -0.4 is 4.90 Å². The number of phenolic OH excluding ortho intramolecular Hbond substituents is 2. The Morgan fingerprint density at radius 3 is 2.39 bits per heavy atom. The topological polar surface area (TPSA) is 64.0 Å². The second-order valence-electron chi connectivity index (χ2n) is 5.10. The van der Waals surface area contributed by atoms with E-state index >= 15 is 0 Å². The standard InChI is InChI=1S/C17H14N2O3Se/c1-18-13(9-11-7-8-14(20)15(21)10-11)16(22)19(17(18)23)12-5-3-2-4-6-12/h2-10,20-21H,1H3. The number of phenols is 2. The van der Waals surface area contributed by atoms with Gasteiger partial charge in [-0.15, -0.1) is 0 Å². The summed E-state index contributed by atoms with van der Waals surface area (Å²) < 4.78 is 0.676. The van der Waals surface area contributed by atoms with Gasteiger partial charge in [0.1, 0.15) is 0 Å². The zero-order valence-corrected chi connectivity index (χ0v) is 14.0. The molecule has 0 aromatic heterocycles. The van der Waals surface area contributed by atoms with Crippen LogP contribution in [0.25, 0.3) is 6.08 Å². The van der Waals surface area contributed by atoms with Crippen molar-refractivity contribution in [1.29, 1.82) is 0 Å². The summed E-state index contributed by atoms with van der Waals surface area (Å²) in [4.78, 5) is 16.1. The molecule has 0 unspecified atom stereocenters. The predicted octanol–water partition coefficient (Wildman–Crippen LogP) is 1.67. The van der Waals surface area contributed by atoms with Crippen LogP contribution in [0.1, 0.15) is 5.56 Å². The van der Waals surface area contributed by atoms with Gasteiger partial charge in [-0.1, -0.05) is 0 Å². The fourth-order valence-electron chi connectivity index (χ4n) is 2.35. The van der Waals surface area contributed by atoms with Gasteiger partial charge in [0, 0.05) is 0 Å². The van der Waals surface area contributed by atoms with E-state index in [4.69, 9.17) is 0 Å². The first-order chi connectivity index (χ1) is 11.0. The van der Waals surface area contributed by atoms with E-state index in [0.717, 1.165) is 5.69 Å². The third kappa shape index (κ3) is 2.74. The van der Waals surface area contributed by atoms with E-state index in [1.54, 1.807) is 29.0 Å². The molecule has 2 N–H and O–H groups in total. The molecule has 1 saturated heterocycles. The third-order valence-corrected chi connectivity index (χ3v) is 4.54. The molecule has 6 heteroatoms. The summed E-state index contributed by atoms with van der Waals surface area (Å²) in [6.45, 7) is 0. The van der Waals surface area contributed by atoms with Crippen LogP contribution in [0.15, 0.2) is 54.2 Å². The van der Waals surface area contributed by atoms with Gasteiger partial charge < -0.3 is 0 Å². The maximum atomic E-state index is 12.7. The summed E-state index contributed by atoms with van der Waals surface area (Å²) in [5.74, 6) is -0.583. The molecular formula is C17H14N2O3Se. The van der Waals surface area contributed by atoms with E-state index in [1.165, 1.54) is 12.1 Å². The summed E-state index contributed by atoms with van der Waals surface area (Å²) in [6.07, 6.45) is 1.67. The van der Waals surface area contributed by atoms with Gasteiger partial charge in [-0.25, -0.2) is 0 Å². The van der Waals surface area contributed by atoms with Crippen LogP contribution in [0.2, 0.25) is 0 Å². The van der Waals surface area contributed by atoms with E-state index in [9.17, 15) is 15.0 Å². The molecule has 0 atom stereocenters. The molecule has 1 fully saturated rings. The van der Waals surface area contributed by atoms with Crippen LogP contribution in [0.5, 0.6) is 11.5 Å². The van der Waals surface area contributed by atoms with Crippen molar-refractivity contribution in [3.8, 4) is 11.5 Å². The fraction of sp³-hybridized carbons (Fsp3) is 0.0588. The van der Waals surface area contributed by atoms with Crippen LogP contribution in [0, 0.1) is 0 Å². The number of rotatable bonds is 2. The fourth-order valence-corrected chi connectivity index (χ4v) is 2.95. The van der Waals surface area contributed by atoms with Crippen molar-refractivity contribution in [1.82, 2.24) is 4.90 Å². The van der Waals surface area contributed by atoms with Gasteiger partial charge >= 0.3 is 141 Å². The van der Waals surface area contributed by atoms with Crippen molar-refractivity contribution in [3.63, 3.8) is 0 Å². The Bertz CT molecular complexity index is 818. The first kappa shape index (κ1) is 15.3. The molecule has 0 saturated carbocycles. The van der Waals surface area contributed by atoms with E-state index in [-0.39, 0.29) is 17.4 Å². The molecule has 1 amide bonds. The van der Waals surface area contributed by atoms with Crippen molar-refractivity contribution in [2.24, 2.45) is 0 Å². The first-order valence-corrected chi connectivity index (χ1v) is 7.75. The molecule has 1 heterocycles. The molecule has 23 heavy (non-hydrogen) atoms. The predicted molar refractivity (Wildman–Crippen MR) is 90.2 cm³/mol. The second kappa shape index (κ2) is 5.91. The number of likely N-dealkylation sites (N-methyl/N-ethyl adjacent to an activating group) is 1. The molecule has 1 aliphatic heterocycles. The molecule has 0 spiro atoms. The van der Waals surface area contributed by atoms with Crippen LogP contribution in [-0.2, 0) is 4.79 Å². The van der Waals surface area contributed by atoms with E-state index < -0.39 is 0 Å². The van der Waals surface area contributed by atoms with Gasteiger partial charge in [-0.05, 0) is 0 Å². The van der Waals surface area contributed by atoms with Gasteiger partial charge in [0.25, 0.3) is 0 Å². The summed E-state index contributed by atoms with van der Waals surface area (Å²) in [7, 11) is 1.79. The van der Waals surface area contributed by atoms with E-state index in [0.29, 0.717) is 15.9 Å². The van der Waals surface area contributed by atoms with Gasteiger partial charge in [0.05, 0.1) is 0 Å². The average Bonchev–Trinajstić information content (AvgIpc) is 2.75. The number of carbonyl (C=O) groups is 1. The number of para-hydroxylation sites is 1. The number of aromatic hydroxyl groups is 2. The van der Waals surface area contributed by atoms with Crippen molar-refractivity contribution in [2.75, 3.05) is 11.9 Å². The van der Waals surface area contributed by atoms with Gasteiger partial charge in [0.2, 0.25) is 0 Å². The molecule has 116 valence electrons. The Labute approximate surface area is 141 Å². The van der Waals surface area contributed by atoms with Crippen molar-refractivity contribution >= 4 is 37.9 Å². The summed E-state index contributed by atoms with van der Waals surface area (Å²) in [5, 5.41) is 19.0. The number of hydrogen-bond acceptors (Lipinski definition) is 4. The van der Waals surface area contributed by atoms with E-state index in [2.05, 4.69) is 15.6 Å². The molecule has 5 nitrogen and oxygen atoms in total. The minimum atomic E-state index is -0.223. The molecule has 0 bridgehead atoms. The van der Waals surface area contributed by atoms with Gasteiger partial charge in [-0.2, -0.15) is 0 Å². The SMILES string of the molecule is CN1C(=[Se])N(c2ccccc2)C(=O)C1=Cc1ccc(O)c(O)c1. The Morgan fingerprint density at radius 2 is 1.74 bits per heavy atom. The number of hydrogen-bond donors (Lipinski definition) is 2. The Balaban J connectivity index is 2.00. The Morgan fingerprint density at radius 1 is 1.04 bits per heavy atom. The van der Waals surface area contributed by atoms with Crippen LogP contribution in [0.3, 0.4) is 0 Å². The summed E-state index contributed by atoms with van der Waals surface area (Å²) in [6, 6.07) is 13.8. The number of nitrogens with zero attached hydrogens (tertiary/aromatic N) is 2. The maximum absolute atomic E-state index is 12.7. The monoisotopic (exact) mass is 374 g/mol. The molecule has 0 radical (unpaired) electrons. The zero-order chi connectivity index (χ0) is 16.6. The number of amides is 1. The number of carbonyl (C=O) groups excluding carboxylic acids is 1. The third-order valence-electron chi connectivity index (χ3n) is 3.58. The summed E-state index contributed by atoms with van der Waals surface area (Å²) >= 11 is 2.92. The van der Waals surface area contributed by atoms with Crippen molar-refractivity contribution in [3.05, 3.63) is 59.8 Å². The molecule has 2 aromatic carbocycles. The number of benzene rings is 2. The Kier molecular flexibility index (Phi) is 3.94.